The lowest BCUT2D eigenvalue weighted by Crippen LogP contribution is -2.53. The van der Waals surface area contributed by atoms with Crippen molar-refractivity contribution in [1.82, 2.24) is 19.9 Å². The lowest BCUT2D eigenvalue weighted by molar-refractivity contribution is -0.140. The van der Waals surface area contributed by atoms with Crippen molar-refractivity contribution in [3.8, 4) is 11.3 Å². The lowest BCUT2D eigenvalue weighted by atomic mass is 9.75. The highest BCUT2D eigenvalue weighted by atomic mass is 16.3. The summed E-state index contributed by atoms with van der Waals surface area (Å²) in [4.78, 5) is 14.5. The number of piperidine rings is 1. The number of rotatable bonds is 3. The topological polar surface area (TPSA) is 71.2 Å². The van der Waals surface area contributed by atoms with Gasteiger partial charge in [-0.2, -0.15) is 0 Å². The van der Waals surface area contributed by atoms with Crippen LogP contribution in [-0.4, -0.2) is 50.1 Å². The van der Waals surface area contributed by atoms with Crippen LogP contribution in [0.1, 0.15) is 19.3 Å². The molecule has 2 atom stereocenters. The Bertz CT molecular complexity index is 701. The Morgan fingerprint density at radius 2 is 1.88 bits per heavy atom. The minimum absolute atomic E-state index is 0.0586. The molecule has 2 aliphatic rings. The van der Waals surface area contributed by atoms with Gasteiger partial charge in [0.25, 0.3) is 0 Å². The van der Waals surface area contributed by atoms with Gasteiger partial charge in [-0.3, -0.25) is 4.79 Å². The summed E-state index contributed by atoms with van der Waals surface area (Å²) < 4.78 is 1.60. The third kappa shape index (κ3) is 2.94. The van der Waals surface area contributed by atoms with Gasteiger partial charge in [-0.05, 0) is 12.8 Å². The maximum Gasteiger partial charge on any atom is 0.244 e. The number of hydrogen-bond donors (Lipinski definition) is 1. The van der Waals surface area contributed by atoms with E-state index >= 15 is 0 Å². The molecule has 0 radical (unpaired) electrons. The fourth-order valence-electron chi connectivity index (χ4n) is 3.97. The second-order valence-corrected chi connectivity index (χ2v) is 6.91. The fraction of sp³-hybridized carbons (Fsp3) is 0.500. The monoisotopic (exact) mass is 326 g/mol. The van der Waals surface area contributed by atoms with E-state index in [1.54, 1.807) is 4.68 Å². The molecule has 2 heterocycles. The zero-order valence-corrected chi connectivity index (χ0v) is 13.6. The van der Waals surface area contributed by atoms with Crippen LogP contribution in [0.3, 0.4) is 0 Å². The Morgan fingerprint density at radius 1 is 1.17 bits per heavy atom. The second kappa shape index (κ2) is 6.36. The zero-order valence-electron chi connectivity index (χ0n) is 13.6. The highest BCUT2D eigenvalue weighted by Gasteiger charge is 2.39. The lowest BCUT2D eigenvalue weighted by Gasteiger charge is -2.45. The average molecular weight is 326 g/mol. The number of amides is 1. The van der Waals surface area contributed by atoms with Gasteiger partial charge < -0.3 is 10.0 Å². The van der Waals surface area contributed by atoms with Gasteiger partial charge in [-0.1, -0.05) is 42.0 Å². The highest BCUT2D eigenvalue weighted by molar-refractivity contribution is 5.76. The first-order valence-electron chi connectivity index (χ1n) is 8.62. The van der Waals surface area contributed by atoms with Gasteiger partial charge >= 0.3 is 0 Å². The van der Waals surface area contributed by atoms with Crippen molar-refractivity contribution in [3.05, 3.63) is 36.5 Å². The fourth-order valence-corrected chi connectivity index (χ4v) is 3.97. The van der Waals surface area contributed by atoms with Gasteiger partial charge in [0.1, 0.15) is 12.2 Å². The van der Waals surface area contributed by atoms with Gasteiger partial charge in [-0.25, -0.2) is 4.68 Å². The first-order valence-corrected chi connectivity index (χ1v) is 8.62. The quantitative estimate of drug-likeness (QED) is 0.929. The molecule has 6 nitrogen and oxygen atoms in total. The predicted octanol–water partition coefficient (Wildman–Crippen LogP) is 1.56. The largest absolute Gasteiger partial charge is 0.392 e. The molecule has 1 N–H and O–H groups in total. The molecular formula is C18H22N4O2. The molecular weight excluding hydrogens is 304 g/mol. The minimum atomic E-state index is -0.237. The normalized spacial score (nSPS) is 26.4. The van der Waals surface area contributed by atoms with Crippen LogP contribution < -0.4 is 0 Å². The summed E-state index contributed by atoms with van der Waals surface area (Å²) in [6.45, 7) is 1.53. The minimum Gasteiger partial charge on any atom is -0.392 e. The number of carbonyl (C=O) groups is 1. The molecule has 2 bridgehead atoms. The molecule has 1 aliphatic heterocycles. The van der Waals surface area contributed by atoms with Crippen molar-refractivity contribution >= 4 is 5.91 Å². The summed E-state index contributed by atoms with van der Waals surface area (Å²) >= 11 is 0. The number of carbonyl (C=O) groups excluding carboxylic acids is 1. The van der Waals surface area contributed by atoms with Crippen LogP contribution >= 0.6 is 0 Å². The summed E-state index contributed by atoms with van der Waals surface area (Å²) in [6.07, 6.45) is 4.77. The van der Waals surface area contributed by atoms with E-state index in [1.807, 2.05) is 41.4 Å². The van der Waals surface area contributed by atoms with E-state index in [4.69, 9.17) is 0 Å². The summed E-state index contributed by atoms with van der Waals surface area (Å²) in [5.41, 5.74) is 1.76. The summed E-state index contributed by atoms with van der Waals surface area (Å²) in [6, 6.07) is 9.82. The van der Waals surface area contributed by atoms with Crippen LogP contribution in [0.4, 0.5) is 0 Å². The maximum absolute atomic E-state index is 12.6. The Morgan fingerprint density at radius 3 is 2.58 bits per heavy atom. The Kier molecular flexibility index (Phi) is 4.06. The highest BCUT2D eigenvalue weighted by Crippen LogP contribution is 2.34. The third-order valence-corrected chi connectivity index (χ3v) is 5.28. The Balaban J connectivity index is 1.42. The first kappa shape index (κ1) is 15.3. The molecule has 126 valence electrons. The summed E-state index contributed by atoms with van der Waals surface area (Å²) in [5, 5.41) is 18.5. The van der Waals surface area contributed by atoms with Crippen LogP contribution in [-0.2, 0) is 11.3 Å². The van der Waals surface area contributed by atoms with E-state index in [0.29, 0.717) is 13.1 Å². The zero-order chi connectivity index (χ0) is 16.5. The molecule has 1 aromatic heterocycles. The van der Waals surface area contributed by atoms with Crippen molar-refractivity contribution < 1.29 is 9.90 Å². The molecule has 0 spiro atoms. The van der Waals surface area contributed by atoms with Crippen molar-refractivity contribution in [2.75, 3.05) is 13.1 Å². The Hall–Kier alpha value is -2.21. The van der Waals surface area contributed by atoms with Crippen LogP contribution in [0.25, 0.3) is 11.3 Å². The van der Waals surface area contributed by atoms with Gasteiger partial charge in [-0.15, -0.1) is 5.10 Å². The number of nitrogens with zero attached hydrogens (tertiary/aromatic N) is 4. The van der Waals surface area contributed by atoms with Crippen LogP contribution in [0.5, 0.6) is 0 Å². The number of likely N-dealkylation sites (tertiary alicyclic amines) is 1. The van der Waals surface area contributed by atoms with Gasteiger partial charge in [0.2, 0.25) is 5.91 Å². The Labute approximate surface area is 141 Å². The molecule has 24 heavy (non-hydrogen) atoms. The molecule has 1 saturated heterocycles. The predicted molar refractivity (Wildman–Crippen MR) is 88.9 cm³/mol. The number of aromatic nitrogens is 3. The van der Waals surface area contributed by atoms with Crippen molar-refractivity contribution in [2.24, 2.45) is 11.8 Å². The standard InChI is InChI=1S/C18H22N4O2/c23-17(21-9-14-7-4-8-15(10-21)18(14)24)12-22-11-16(19-20-22)13-5-2-1-3-6-13/h1-3,5-6,11,14-15,18,24H,4,7-10,12H2. The first-order chi connectivity index (χ1) is 11.7. The number of fused-ring (bicyclic) bond motifs is 2. The second-order valence-electron chi connectivity index (χ2n) is 6.91. The SMILES string of the molecule is O=C(Cn1cc(-c2ccccc2)nn1)N1CC2CCCC(C1)C2O. The van der Waals surface area contributed by atoms with E-state index in [2.05, 4.69) is 10.3 Å². The number of aliphatic hydroxyl groups excluding tert-OH is 1. The van der Waals surface area contributed by atoms with Gasteiger partial charge in [0.05, 0.1) is 12.3 Å². The molecule has 4 rings (SSSR count). The van der Waals surface area contributed by atoms with Crippen LogP contribution in [0.15, 0.2) is 36.5 Å². The maximum atomic E-state index is 12.6. The van der Waals surface area contributed by atoms with E-state index < -0.39 is 0 Å². The molecule has 2 fully saturated rings. The van der Waals surface area contributed by atoms with Crippen molar-refractivity contribution in [3.63, 3.8) is 0 Å². The van der Waals surface area contributed by atoms with Crippen molar-refractivity contribution in [2.45, 2.75) is 31.9 Å². The van der Waals surface area contributed by atoms with E-state index in [0.717, 1.165) is 30.5 Å². The van der Waals surface area contributed by atoms with E-state index in [-0.39, 0.29) is 30.4 Å². The summed E-state index contributed by atoms with van der Waals surface area (Å²) in [7, 11) is 0. The molecule has 1 aromatic carbocycles. The molecule has 1 saturated carbocycles. The van der Waals surface area contributed by atoms with Gasteiger partial charge in [0, 0.05) is 30.5 Å². The molecule has 2 aromatic rings. The third-order valence-electron chi connectivity index (χ3n) is 5.28. The average Bonchev–Trinajstić information content (AvgIpc) is 3.04. The molecule has 2 unspecified atom stereocenters. The smallest absolute Gasteiger partial charge is 0.244 e. The molecule has 1 aliphatic carbocycles. The molecule has 1 amide bonds. The van der Waals surface area contributed by atoms with Crippen LogP contribution in [0.2, 0.25) is 0 Å². The number of benzene rings is 1. The van der Waals surface area contributed by atoms with Crippen LogP contribution in [0, 0.1) is 11.8 Å². The van der Waals surface area contributed by atoms with Crippen molar-refractivity contribution in [1.29, 1.82) is 0 Å². The molecule has 6 heteroatoms. The summed E-state index contributed by atoms with van der Waals surface area (Å²) in [5.74, 6) is 0.525. The van der Waals surface area contributed by atoms with Gasteiger partial charge in [0.15, 0.2) is 0 Å². The van der Waals surface area contributed by atoms with E-state index in [1.165, 1.54) is 0 Å². The number of hydrogen-bond acceptors (Lipinski definition) is 4. The van der Waals surface area contributed by atoms with E-state index in [9.17, 15) is 9.90 Å². The number of aliphatic hydroxyl groups is 1.